The monoisotopic (exact) mass is 218 g/mol. The van der Waals surface area contributed by atoms with Crippen molar-refractivity contribution in [2.24, 2.45) is 0 Å². The molecule has 0 unspecified atom stereocenters. The second-order valence-electron chi connectivity index (χ2n) is 3.09. The number of rotatable bonds is 1. The quantitative estimate of drug-likeness (QED) is 0.725. The van der Waals surface area contributed by atoms with E-state index in [2.05, 4.69) is 0 Å². The summed E-state index contributed by atoms with van der Waals surface area (Å²) in [5.41, 5.74) is 1.67. The van der Waals surface area contributed by atoms with Crippen LogP contribution in [0.5, 0.6) is 0 Å². The first-order valence-electron chi connectivity index (χ1n) is 3.80. The van der Waals surface area contributed by atoms with Crippen LogP contribution in [0.2, 0.25) is 5.02 Å². The van der Waals surface area contributed by atoms with Crippen LogP contribution < -0.4 is 0 Å². The largest absolute Gasteiger partial charge is 0.224 e. The Morgan fingerprint density at radius 3 is 2.15 bits per heavy atom. The van der Waals surface area contributed by atoms with Gasteiger partial charge >= 0.3 is 0 Å². The molecule has 0 spiro atoms. The fraction of sp³-hybridized carbons (Fsp3) is 0.333. The fourth-order valence-corrected chi connectivity index (χ4v) is 2.98. The molecule has 0 aliphatic carbocycles. The van der Waals surface area contributed by atoms with Crippen molar-refractivity contribution in [2.75, 3.05) is 6.26 Å². The van der Waals surface area contributed by atoms with Gasteiger partial charge in [-0.2, -0.15) is 0 Å². The zero-order chi connectivity index (χ0) is 10.2. The summed E-state index contributed by atoms with van der Waals surface area (Å²) in [6.07, 6.45) is 1.17. The van der Waals surface area contributed by atoms with E-state index >= 15 is 0 Å². The van der Waals surface area contributed by atoms with E-state index in [1.54, 1.807) is 13.0 Å². The first-order valence-corrected chi connectivity index (χ1v) is 6.06. The Labute approximate surface area is 83.5 Å². The second kappa shape index (κ2) is 3.31. The van der Waals surface area contributed by atoms with Gasteiger partial charge in [-0.15, -0.1) is 0 Å². The maximum atomic E-state index is 11.3. The minimum Gasteiger partial charge on any atom is -0.224 e. The highest BCUT2D eigenvalue weighted by atomic mass is 35.5. The summed E-state index contributed by atoms with van der Waals surface area (Å²) in [6.45, 7) is 3.62. The summed E-state index contributed by atoms with van der Waals surface area (Å²) in [5.74, 6) is 0. The van der Waals surface area contributed by atoms with Crippen LogP contribution in [0.25, 0.3) is 0 Å². The standard InChI is InChI=1S/C9H11ClO2S/c1-6-4-5-8(10)9(7(6)2)13(3,11)12/h4-5H,1-3H3. The van der Waals surface area contributed by atoms with E-state index in [0.29, 0.717) is 5.02 Å². The van der Waals surface area contributed by atoms with Gasteiger partial charge < -0.3 is 0 Å². The van der Waals surface area contributed by atoms with Crippen LogP contribution in [0.3, 0.4) is 0 Å². The molecule has 4 heteroatoms. The van der Waals surface area contributed by atoms with Crippen molar-refractivity contribution < 1.29 is 8.42 Å². The van der Waals surface area contributed by atoms with Gasteiger partial charge in [0.15, 0.2) is 9.84 Å². The molecule has 13 heavy (non-hydrogen) atoms. The van der Waals surface area contributed by atoms with Crippen molar-refractivity contribution in [3.8, 4) is 0 Å². The highest BCUT2D eigenvalue weighted by Crippen LogP contribution is 2.26. The molecule has 0 N–H and O–H groups in total. The Morgan fingerprint density at radius 2 is 1.77 bits per heavy atom. The maximum Gasteiger partial charge on any atom is 0.177 e. The average molecular weight is 219 g/mol. The lowest BCUT2D eigenvalue weighted by molar-refractivity contribution is 0.601. The van der Waals surface area contributed by atoms with Crippen molar-refractivity contribution in [2.45, 2.75) is 18.7 Å². The molecule has 0 heterocycles. The normalized spacial score (nSPS) is 11.7. The minimum atomic E-state index is -3.22. The lowest BCUT2D eigenvalue weighted by atomic mass is 10.1. The summed E-state index contributed by atoms with van der Waals surface area (Å²) >= 11 is 5.81. The topological polar surface area (TPSA) is 34.1 Å². The van der Waals surface area contributed by atoms with Crippen molar-refractivity contribution >= 4 is 21.4 Å². The summed E-state index contributed by atoms with van der Waals surface area (Å²) < 4.78 is 22.7. The van der Waals surface area contributed by atoms with Gasteiger partial charge in [0.2, 0.25) is 0 Å². The molecule has 0 aromatic heterocycles. The number of halogens is 1. The highest BCUT2D eigenvalue weighted by Gasteiger charge is 2.16. The summed E-state index contributed by atoms with van der Waals surface area (Å²) in [7, 11) is -3.22. The lowest BCUT2D eigenvalue weighted by Crippen LogP contribution is -2.02. The van der Waals surface area contributed by atoms with Crippen molar-refractivity contribution in [3.05, 3.63) is 28.3 Å². The van der Waals surface area contributed by atoms with Gasteiger partial charge in [0.1, 0.15) is 0 Å². The van der Waals surface area contributed by atoms with Gasteiger partial charge in [-0.05, 0) is 31.0 Å². The Bertz CT molecular complexity index is 435. The number of hydrogen-bond donors (Lipinski definition) is 0. The van der Waals surface area contributed by atoms with Gasteiger partial charge in [0.25, 0.3) is 0 Å². The third kappa shape index (κ3) is 2.03. The van der Waals surface area contributed by atoms with Gasteiger partial charge in [0, 0.05) is 6.26 Å². The molecule has 2 nitrogen and oxygen atoms in total. The molecule has 0 saturated carbocycles. The number of aryl methyl sites for hydroxylation is 1. The highest BCUT2D eigenvalue weighted by molar-refractivity contribution is 7.90. The zero-order valence-electron chi connectivity index (χ0n) is 7.76. The zero-order valence-corrected chi connectivity index (χ0v) is 9.33. The van der Waals surface area contributed by atoms with Crippen LogP contribution in [0.1, 0.15) is 11.1 Å². The molecule has 72 valence electrons. The molecule has 0 atom stereocenters. The lowest BCUT2D eigenvalue weighted by Gasteiger charge is -2.08. The molecule has 0 radical (unpaired) electrons. The fourth-order valence-electron chi connectivity index (χ4n) is 1.21. The molecule has 0 aliphatic heterocycles. The minimum absolute atomic E-state index is 0.245. The maximum absolute atomic E-state index is 11.3. The Hall–Kier alpha value is -0.540. The predicted octanol–water partition coefficient (Wildman–Crippen LogP) is 2.36. The third-order valence-electron chi connectivity index (χ3n) is 2.00. The molecule has 0 saturated heterocycles. The van der Waals surface area contributed by atoms with Crippen LogP contribution in [0, 0.1) is 13.8 Å². The van der Waals surface area contributed by atoms with Gasteiger partial charge in [0.05, 0.1) is 9.92 Å². The van der Waals surface area contributed by atoms with E-state index in [0.717, 1.165) is 11.1 Å². The van der Waals surface area contributed by atoms with Gasteiger partial charge in [-0.3, -0.25) is 0 Å². The Balaban J connectivity index is 3.62. The van der Waals surface area contributed by atoms with Crippen molar-refractivity contribution in [3.63, 3.8) is 0 Å². The summed E-state index contributed by atoms with van der Waals surface area (Å²) in [5, 5.41) is 0.297. The first-order chi connectivity index (χ1) is 5.84. The van der Waals surface area contributed by atoms with Gasteiger partial charge in [-0.25, -0.2) is 8.42 Å². The molecular formula is C9H11ClO2S. The van der Waals surface area contributed by atoms with Crippen molar-refractivity contribution in [1.82, 2.24) is 0 Å². The molecule has 1 rings (SSSR count). The molecule has 0 amide bonds. The van der Waals surface area contributed by atoms with E-state index < -0.39 is 9.84 Å². The average Bonchev–Trinajstić information content (AvgIpc) is 1.95. The number of sulfone groups is 1. The van der Waals surface area contributed by atoms with E-state index in [9.17, 15) is 8.42 Å². The van der Waals surface area contributed by atoms with E-state index in [4.69, 9.17) is 11.6 Å². The Morgan fingerprint density at radius 1 is 1.23 bits per heavy atom. The number of hydrogen-bond acceptors (Lipinski definition) is 2. The number of benzene rings is 1. The molecular weight excluding hydrogens is 208 g/mol. The van der Waals surface area contributed by atoms with E-state index in [-0.39, 0.29) is 4.90 Å². The SMILES string of the molecule is Cc1ccc(Cl)c(S(C)(=O)=O)c1C. The predicted molar refractivity (Wildman–Crippen MR) is 54.0 cm³/mol. The van der Waals surface area contributed by atoms with Crippen LogP contribution in [0.15, 0.2) is 17.0 Å². The van der Waals surface area contributed by atoms with Gasteiger partial charge in [-0.1, -0.05) is 17.7 Å². The van der Waals surface area contributed by atoms with Crippen LogP contribution in [-0.4, -0.2) is 14.7 Å². The van der Waals surface area contributed by atoms with Crippen LogP contribution >= 0.6 is 11.6 Å². The van der Waals surface area contributed by atoms with E-state index in [1.165, 1.54) is 6.26 Å². The van der Waals surface area contributed by atoms with Crippen LogP contribution in [0.4, 0.5) is 0 Å². The summed E-state index contributed by atoms with van der Waals surface area (Å²) in [4.78, 5) is 0.245. The molecule has 0 fully saturated rings. The summed E-state index contributed by atoms with van der Waals surface area (Å²) in [6, 6.07) is 3.42. The molecule has 0 bridgehead atoms. The molecule has 1 aromatic rings. The molecule has 1 aromatic carbocycles. The third-order valence-corrected chi connectivity index (χ3v) is 3.69. The first kappa shape index (κ1) is 10.5. The Kier molecular flexibility index (Phi) is 2.68. The van der Waals surface area contributed by atoms with E-state index in [1.807, 2.05) is 13.0 Å². The molecule has 0 aliphatic rings. The second-order valence-corrected chi connectivity index (χ2v) is 5.45. The van der Waals surface area contributed by atoms with Crippen LogP contribution in [-0.2, 0) is 9.84 Å². The van der Waals surface area contributed by atoms with Crippen molar-refractivity contribution in [1.29, 1.82) is 0 Å². The smallest absolute Gasteiger partial charge is 0.177 e.